The van der Waals surface area contributed by atoms with Gasteiger partial charge < -0.3 is 10.1 Å². The first-order valence-electron chi connectivity index (χ1n) is 8.95. The molecular weight excluding hydrogens is 411 g/mol. The van der Waals surface area contributed by atoms with Crippen LogP contribution in [0.25, 0.3) is 0 Å². The van der Waals surface area contributed by atoms with Crippen LogP contribution in [0.4, 0.5) is 0 Å². The summed E-state index contributed by atoms with van der Waals surface area (Å²) in [4.78, 5) is 14.3. The van der Waals surface area contributed by atoms with Gasteiger partial charge >= 0.3 is 0 Å². The summed E-state index contributed by atoms with van der Waals surface area (Å²) in [5, 5.41) is 3.88. The van der Waals surface area contributed by atoms with Crippen molar-refractivity contribution < 1.29 is 17.9 Å². The van der Waals surface area contributed by atoms with Crippen LogP contribution in [0.5, 0.6) is 0 Å². The Balaban J connectivity index is 1.86. The largest absolute Gasteiger partial charge is 0.385 e. The van der Waals surface area contributed by atoms with E-state index in [1.165, 1.54) is 0 Å². The highest BCUT2D eigenvalue weighted by molar-refractivity contribution is 7.91. The average Bonchev–Trinajstić information content (AvgIpc) is 2.98. The number of hydrogen-bond acceptors (Lipinski definition) is 5. The summed E-state index contributed by atoms with van der Waals surface area (Å²) in [6, 6.07) is 5.31. The Kier molecular flexibility index (Phi) is 8.82. The normalized spacial score (nSPS) is 18.7. The van der Waals surface area contributed by atoms with Crippen LogP contribution in [0, 0.1) is 0 Å². The van der Waals surface area contributed by atoms with E-state index in [0.29, 0.717) is 42.6 Å². The number of carbonyl (C=O) groups is 1. The maximum atomic E-state index is 12.4. The van der Waals surface area contributed by atoms with E-state index in [4.69, 9.17) is 27.9 Å². The zero-order valence-corrected chi connectivity index (χ0v) is 17.7. The zero-order valence-electron chi connectivity index (χ0n) is 15.4. The number of nitrogens with one attached hydrogen (secondary N) is 1. The number of methoxy groups -OCH3 is 1. The van der Waals surface area contributed by atoms with E-state index in [1.54, 1.807) is 13.2 Å². The first kappa shape index (κ1) is 22.4. The van der Waals surface area contributed by atoms with Gasteiger partial charge in [0.05, 0.1) is 28.1 Å². The number of halogens is 2. The van der Waals surface area contributed by atoms with E-state index >= 15 is 0 Å². The van der Waals surface area contributed by atoms with E-state index in [9.17, 15) is 13.2 Å². The van der Waals surface area contributed by atoms with Gasteiger partial charge in [-0.25, -0.2) is 8.42 Å². The molecule has 0 bridgehead atoms. The second kappa shape index (κ2) is 10.6. The van der Waals surface area contributed by atoms with Crippen molar-refractivity contribution in [3.05, 3.63) is 33.8 Å². The van der Waals surface area contributed by atoms with E-state index in [0.717, 1.165) is 12.0 Å². The number of ether oxygens (including phenoxy) is 1. The number of amides is 1. The SMILES string of the molecule is COCCCN(CC(=O)NCCc1cccc(Cl)c1Cl)C1CCS(=O)(=O)C1. The highest BCUT2D eigenvalue weighted by atomic mass is 35.5. The number of sulfone groups is 1. The van der Waals surface area contributed by atoms with Crippen molar-refractivity contribution in [2.45, 2.75) is 25.3 Å². The van der Waals surface area contributed by atoms with Gasteiger partial charge in [-0.2, -0.15) is 0 Å². The molecule has 1 amide bonds. The molecule has 2 rings (SSSR count). The molecule has 1 heterocycles. The molecule has 0 saturated carbocycles. The van der Waals surface area contributed by atoms with Crippen molar-refractivity contribution in [2.24, 2.45) is 0 Å². The Hall–Kier alpha value is -0.860. The first-order valence-corrected chi connectivity index (χ1v) is 11.5. The fourth-order valence-corrected chi connectivity index (χ4v) is 5.36. The minimum Gasteiger partial charge on any atom is -0.385 e. The molecule has 27 heavy (non-hydrogen) atoms. The molecule has 0 aromatic heterocycles. The predicted molar refractivity (Wildman–Crippen MR) is 108 cm³/mol. The second-order valence-electron chi connectivity index (χ2n) is 6.69. The Morgan fingerprint density at radius 2 is 2.15 bits per heavy atom. The monoisotopic (exact) mass is 436 g/mol. The summed E-state index contributed by atoms with van der Waals surface area (Å²) in [5.74, 6) is 0.175. The van der Waals surface area contributed by atoms with Gasteiger partial charge in [0.1, 0.15) is 0 Å². The molecule has 1 saturated heterocycles. The Morgan fingerprint density at radius 3 is 2.81 bits per heavy atom. The minimum absolute atomic E-state index is 0.111. The number of rotatable bonds is 10. The third-order valence-corrected chi connectivity index (χ3v) is 7.22. The van der Waals surface area contributed by atoms with Crippen LogP contribution in [0.3, 0.4) is 0 Å². The maximum Gasteiger partial charge on any atom is 0.234 e. The van der Waals surface area contributed by atoms with Crippen molar-refractivity contribution in [1.82, 2.24) is 10.2 Å². The number of benzene rings is 1. The van der Waals surface area contributed by atoms with Crippen molar-refractivity contribution in [1.29, 1.82) is 0 Å². The quantitative estimate of drug-likeness (QED) is 0.568. The minimum atomic E-state index is -3.00. The van der Waals surface area contributed by atoms with Crippen LogP contribution in [0.15, 0.2) is 18.2 Å². The number of hydrogen-bond donors (Lipinski definition) is 1. The van der Waals surface area contributed by atoms with Gasteiger partial charge in [-0.3, -0.25) is 9.69 Å². The highest BCUT2D eigenvalue weighted by Gasteiger charge is 2.32. The van der Waals surface area contributed by atoms with Crippen molar-refractivity contribution >= 4 is 38.9 Å². The zero-order chi connectivity index (χ0) is 19.9. The summed E-state index contributed by atoms with van der Waals surface area (Å²) in [6.45, 7) is 1.81. The Bertz CT molecular complexity index is 743. The van der Waals surface area contributed by atoms with Gasteiger partial charge in [0.15, 0.2) is 9.84 Å². The van der Waals surface area contributed by atoms with Gasteiger partial charge in [0.25, 0.3) is 0 Å². The Morgan fingerprint density at radius 1 is 1.37 bits per heavy atom. The van der Waals surface area contributed by atoms with E-state index in [2.05, 4.69) is 5.32 Å². The highest BCUT2D eigenvalue weighted by Crippen LogP contribution is 2.25. The molecule has 1 aliphatic rings. The molecule has 1 aromatic carbocycles. The lowest BCUT2D eigenvalue weighted by Gasteiger charge is -2.27. The molecular formula is C18H26Cl2N2O4S. The molecule has 0 radical (unpaired) electrons. The van der Waals surface area contributed by atoms with Crippen LogP contribution in [-0.2, 0) is 25.8 Å². The second-order valence-corrected chi connectivity index (χ2v) is 9.70. The lowest BCUT2D eigenvalue weighted by atomic mass is 10.1. The molecule has 0 aliphatic carbocycles. The maximum absolute atomic E-state index is 12.4. The molecule has 6 nitrogen and oxygen atoms in total. The standard InChI is InChI=1S/C18H26Cl2N2O4S/c1-26-10-3-9-22(15-7-11-27(24,25)13-15)12-17(23)21-8-6-14-4-2-5-16(19)18(14)20/h2,4-5,15H,3,6-13H2,1H3,(H,21,23). The molecule has 1 N–H and O–H groups in total. The summed E-state index contributed by atoms with van der Waals surface area (Å²) >= 11 is 12.2. The summed E-state index contributed by atoms with van der Waals surface area (Å²) in [5.41, 5.74) is 0.878. The number of nitrogens with zero attached hydrogens (tertiary/aromatic N) is 1. The average molecular weight is 437 g/mol. The van der Waals surface area contributed by atoms with Crippen molar-refractivity contribution in [2.75, 3.05) is 44.9 Å². The van der Waals surface area contributed by atoms with Crippen molar-refractivity contribution in [3.63, 3.8) is 0 Å². The molecule has 1 aromatic rings. The third-order valence-electron chi connectivity index (χ3n) is 4.61. The first-order chi connectivity index (χ1) is 12.8. The van der Waals surface area contributed by atoms with Crippen LogP contribution in [0.2, 0.25) is 10.0 Å². The fraction of sp³-hybridized carbons (Fsp3) is 0.611. The molecule has 1 atom stereocenters. The molecule has 0 spiro atoms. The van der Waals surface area contributed by atoms with Gasteiger partial charge in [0.2, 0.25) is 5.91 Å². The van der Waals surface area contributed by atoms with E-state index in [-0.39, 0.29) is 30.0 Å². The summed E-state index contributed by atoms with van der Waals surface area (Å²) in [6.07, 6.45) is 1.89. The van der Waals surface area contributed by atoms with Gasteiger partial charge in [-0.05, 0) is 30.9 Å². The summed E-state index contributed by atoms with van der Waals surface area (Å²) < 4.78 is 28.6. The number of carbonyl (C=O) groups excluding carboxylic acids is 1. The molecule has 1 fully saturated rings. The van der Waals surface area contributed by atoms with Crippen LogP contribution in [-0.4, -0.2) is 70.1 Å². The van der Waals surface area contributed by atoms with Gasteiger partial charge in [-0.1, -0.05) is 35.3 Å². The lowest BCUT2D eigenvalue weighted by Crippen LogP contribution is -2.44. The van der Waals surface area contributed by atoms with Gasteiger partial charge in [0, 0.05) is 32.8 Å². The fourth-order valence-electron chi connectivity index (χ4n) is 3.18. The van der Waals surface area contributed by atoms with E-state index < -0.39 is 9.84 Å². The topological polar surface area (TPSA) is 75.7 Å². The van der Waals surface area contributed by atoms with E-state index in [1.807, 2.05) is 17.0 Å². The lowest BCUT2D eigenvalue weighted by molar-refractivity contribution is -0.122. The molecule has 152 valence electrons. The van der Waals surface area contributed by atoms with Gasteiger partial charge in [-0.15, -0.1) is 0 Å². The third kappa shape index (κ3) is 7.23. The van der Waals surface area contributed by atoms with Crippen molar-refractivity contribution in [3.8, 4) is 0 Å². The van der Waals surface area contributed by atoms with Crippen LogP contribution < -0.4 is 5.32 Å². The smallest absolute Gasteiger partial charge is 0.234 e. The summed E-state index contributed by atoms with van der Waals surface area (Å²) in [7, 11) is -1.38. The molecule has 1 aliphatic heterocycles. The molecule has 1 unspecified atom stereocenters. The predicted octanol–water partition coefficient (Wildman–Crippen LogP) is 2.18. The molecule has 9 heteroatoms. The van der Waals surface area contributed by atoms with Crippen LogP contribution in [0.1, 0.15) is 18.4 Å². The Labute approximate surface area is 171 Å². The van der Waals surface area contributed by atoms with Crippen LogP contribution >= 0.6 is 23.2 Å².